The van der Waals surface area contributed by atoms with Crippen molar-refractivity contribution in [3.63, 3.8) is 0 Å². The predicted molar refractivity (Wildman–Crippen MR) is 122 cm³/mol. The minimum atomic E-state index is -0.262. The number of carbonyl (C=O) groups excluding carboxylic acids is 1. The molecule has 2 heterocycles. The Bertz CT molecular complexity index is 1130. The van der Waals surface area contributed by atoms with Crippen LogP contribution in [-0.2, 0) is 13.0 Å². The zero-order chi connectivity index (χ0) is 21.3. The summed E-state index contributed by atoms with van der Waals surface area (Å²) in [4.78, 5) is 28.3. The predicted octanol–water partition coefficient (Wildman–Crippen LogP) is 5.52. The molecule has 0 aliphatic rings. The summed E-state index contributed by atoms with van der Waals surface area (Å²) in [5, 5.41) is 4.16. The molecule has 5 nitrogen and oxygen atoms in total. The minimum absolute atomic E-state index is 0.155. The highest BCUT2D eigenvalue weighted by molar-refractivity contribution is 9.10. The van der Waals surface area contributed by atoms with Crippen LogP contribution < -0.4 is 10.9 Å². The van der Waals surface area contributed by atoms with E-state index in [0.29, 0.717) is 21.5 Å². The fourth-order valence-electron chi connectivity index (χ4n) is 3.64. The van der Waals surface area contributed by atoms with Gasteiger partial charge in [0.2, 0.25) is 0 Å². The van der Waals surface area contributed by atoms with Gasteiger partial charge in [-0.25, -0.2) is 0 Å². The van der Waals surface area contributed by atoms with Gasteiger partial charge in [-0.3, -0.25) is 9.59 Å². The van der Waals surface area contributed by atoms with Crippen molar-refractivity contribution >= 4 is 44.3 Å². The molecule has 0 fully saturated rings. The first-order chi connectivity index (χ1) is 13.7. The molecule has 0 bridgehead atoms. The number of carbonyl (C=O) groups is 1. The maximum Gasteiger partial charge on any atom is 0.253 e. The topological polar surface area (TPSA) is 66.9 Å². The van der Waals surface area contributed by atoms with Crippen molar-refractivity contribution in [1.82, 2.24) is 14.9 Å². The lowest BCUT2D eigenvalue weighted by Crippen LogP contribution is -2.28. The van der Waals surface area contributed by atoms with Gasteiger partial charge in [-0.15, -0.1) is 0 Å². The fourth-order valence-corrected chi connectivity index (χ4v) is 4.39. The van der Waals surface area contributed by atoms with Crippen LogP contribution in [-0.4, -0.2) is 15.5 Å². The Labute approximate surface area is 183 Å². The molecule has 29 heavy (non-hydrogen) atoms. The molecule has 3 aromatic rings. The average Bonchev–Trinajstić information content (AvgIpc) is 2.97. The number of amides is 1. The van der Waals surface area contributed by atoms with Crippen molar-refractivity contribution in [2.24, 2.45) is 0 Å². The van der Waals surface area contributed by atoms with Crippen LogP contribution in [0.3, 0.4) is 0 Å². The van der Waals surface area contributed by atoms with Gasteiger partial charge in [-0.1, -0.05) is 40.9 Å². The minimum Gasteiger partial charge on any atom is -0.348 e. The van der Waals surface area contributed by atoms with Gasteiger partial charge < -0.3 is 14.9 Å². The summed E-state index contributed by atoms with van der Waals surface area (Å²) in [5.74, 6) is -0.262. The molecule has 0 unspecified atom stereocenters. The maximum absolute atomic E-state index is 13.1. The molecule has 0 aliphatic carbocycles. The highest BCUT2D eigenvalue weighted by Crippen LogP contribution is 2.34. The SMILES string of the molecule is CCCc1cc(C)[nH]c(=O)c1CNC(=O)c1cc(Br)cc2c1c(Cl)cn2C(C)C. The van der Waals surface area contributed by atoms with Crippen LogP contribution in [0.1, 0.15) is 60.4 Å². The zero-order valence-corrected chi connectivity index (χ0v) is 19.4. The molecule has 0 spiro atoms. The summed E-state index contributed by atoms with van der Waals surface area (Å²) in [7, 11) is 0. The van der Waals surface area contributed by atoms with Crippen LogP contribution >= 0.6 is 27.5 Å². The number of pyridine rings is 1. The van der Waals surface area contributed by atoms with Gasteiger partial charge in [0.05, 0.1) is 16.1 Å². The van der Waals surface area contributed by atoms with Crippen molar-refractivity contribution in [3.05, 3.63) is 66.6 Å². The number of fused-ring (bicyclic) bond motifs is 1. The highest BCUT2D eigenvalue weighted by Gasteiger charge is 2.19. The third-order valence-corrected chi connectivity index (χ3v) is 5.71. The number of rotatable bonds is 6. The van der Waals surface area contributed by atoms with Crippen LogP contribution in [0.4, 0.5) is 0 Å². The summed E-state index contributed by atoms with van der Waals surface area (Å²) >= 11 is 9.98. The van der Waals surface area contributed by atoms with Gasteiger partial charge in [0, 0.05) is 39.9 Å². The first kappa shape index (κ1) is 21.7. The number of halogens is 2. The average molecular weight is 479 g/mol. The quantitative estimate of drug-likeness (QED) is 0.490. The van der Waals surface area contributed by atoms with Crippen molar-refractivity contribution in [2.75, 3.05) is 0 Å². The second-order valence-electron chi connectivity index (χ2n) is 7.54. The number of hydrogen-bond acceptors (Lipinski definition) is 2. The Hall–Kier alpha value is -2.05. The van der Waals surface area contributed by atoms with Crippen LogP contribution in [0.15, 0.2) is 33.7 Å². The summed E-state index contributed by atoms with van der Waals surface area (Å²) < 4.78 is 2.84. The number of aromatic amines is 1. The molecule has 1 aromatic carbocycles. The number of nitrogens with one attached hydrogen (secondary N) is 2. The lowest BCUT2D eigenvalue weighted by atomic mass is 10.0. The molecule has 0 aliphatic heterocycles. The van der Waals surface area contributed by atoms with Crippen molar-refractivity contribution < 1.29 is 4.79 Å². The van der Waals surface area contributed by atoms with Crippen LogP contribution in [0.5, 0.6) is 0 Å². The first-order valence-electron chi connectivity index (χ1n) is 9.72. The van der Waals surface area contributed by atoms with E-state index in [-0.39, 0.29) is 24.1 Å². The molecular weight excluding hydrogens is 454 g/mol. The Morgan fingerprint density at radius 2 is 2.03 bits per heavy atom. The molecule has 154 valence electrons. The lowest BCUT2D eigenvalue weighted by molar-refractivity contribution is 0.0952. The van der Waals surface area contributed by atoms with E-state index in [1.165, 1.54) is 0 Å². The Morgan fingerprint density at radius 1 is 1.31 bits per heavy atom. The number of H-pyrrole nitrogens is 1. The van der Waals surface area contributed by atoms with Gasteiger partial charge in [0.1, 0.15) is 0 Å². The molecule has 0 saturated carbocycles. The van der Waals surface area contributed by atoms with Crippen molar-refractivity contribution in [1.29, 1.82) is 0 Å². The van der Waals surface area contributed by atoms with Crippen LogP contribution in [0, 0.1) is 6.92 Å². The fraction of sp³-hybridized carbons (Fsp3) is 0.364. The van der Waals surface area contributed by atoms with Crippen molar-refractivity contribution in [2.45, 2.75) is 53.1 Å². The zero-order valence-electron chi connectivity index (χ0n) is 17.0. The highest BCUT2D eigenvalue weighted by atomic mass is 79.9. The number of nitrogens with zero attached hydrogens (tertiary/aromatic N) is 1. The number of aromatic nitrogens is 2. The number of benzene rings is 1. The normalized spacial score (nSPS) is 11.4. The second-order valence-corrected chi connectivity index (χ2v) is 8.87. The Morgan fingerprint density at radius 3 is 2.69 bits per heavy atom. The largest absolute Gasteiger partial charge is 0.348 e. The molecule has 2 aromatic heterocycles. The van der Waals surface area contributed by atoms with E-state index in [2.05, 4.69) is 47.0 Å². The Kier molecular flexibility index (Phi) is 6.54. The molecule has 3 rings (SSSR count). The third kappa shape index (κ3) is 4.43. The van der Waals surface area contributed by atoms with Gasteiger partial charge in [0.25, 0.3) is 11.5 Å². The summed E-state index contributed by atoms with van der Waals surface area (Å²) in [6.45, 7) is 8.23. The molecular formula is C22H25BrClN3O2. The molecule has 7 heteroatoms. The molecule has 0 radical (unpaired) electrons. The van der Waals surface area contributed by atoms with Gasteiger partial charge in [0.15, 0.2) is 0 Å². The van der Waals surface area contributed by atoms with Gasteiger partial charge >= 0.3 is 0 Å². The van der Waals surface area contributed by atoms with E-state index in [1.54, 1.807) is 6.07 Å². The van der Waals surface area contributed by atoms with Gasteiger partial charge in [-0.05, 0) is 51.0 Å². The van der Waals surface area contributed by atoms with Crippen molar-refractivity contribution in [3.8, 4) is 0 Å². The van der Waals surface area contributed by atoms with Gasteiger partial charge in [-0.2, -0.15) is 0 Å². The smallest absolute Gasteiger partial charge is 0.253 e. The first-order valence-corrected chi connectivity index (χ1v) is 10.9. The molecule has 0 saturated heterocycles. The summed E-state index contributed by atoms with van der Waals surface area (Å²) in [6, 6.07) is 5.91. The monoisotopic (exact) mass is 477 g/mol. The molecule has 1 amide bonds. The van der Waals surface area contributed by atoms with Crippen LogP contribution in [0.25, 0.3) is 10.9 Å². The van der Waals surface area contributed by atoms with E-state index >= 15 is 0 Å². The number of aryl methyl sites for hydroxylation is 2. The van der Waals surface area contributed by atoms with Crippen LogP contribution in [0.2, 0.25) is 5.02 Å². The standard InChI is InChI=1S/C22H25BrClN3O2/c1-5-6-14-7-13(4)26-22(29)17(14)10-25-21(28)16-8-15(23)9-19-20(16)18(24)11-27(19)12(2)3/h7-9,11-12H,5-6,10H2,1-4H3,(H,25,28)(H,26,29). The Balaban J connectivity index is 1.97. The third-order valence-electron chi connectivity index (χ3n) is 4.96. The van der Waals surface area contributed by atoms with E-state index in [9.17, 15) is 9.59 Å². The van der Waals surface area contributed by atoms with E-state index in [1.807, 2.05) is 29.8 Å². The summed E-state index contributed by atoms with van der Waals surface area (Å²) in [5.41, 5.74) is 3.62. The van der Waals surface area contributed by atoms with E-state index < -0.39 is 0 Å². The van der Waals surface area contributed by atoms with E-state index in [4.69, 9.17) is 11.6 Å². The lowest BCUT2D eigenvalue weighted by Gasteiger charge is -2.13. The van der Waals surface area contributed by atoms with E-state index in [0.717, 1.165) is 34.1 Å². The second kappa shape index (κ2) is 8.76. The molecule has 0 atom stereocenters. The molecule has 2 N–H and O–H groups in total. The number of hydrogen-bond donors (Lipinski definition) is 2. The summed E-state index contributed by atoms with van der Waals surface area (Å²) in [6.07, 6.45) is 3.57. The maximum atomic E-state index is 13.1.